The fourth-order valence-corrected chi connectivity index (χ4v) is 2.73. The molecule has 0 saturated heterocycles. The van der Waals surface area contributed by atoms with Gasteiger partial charge in [0.1, 0.15) is 5.01 Å². The summed E-state index contributed by atoms with van der Waals surface area (Å²) in [5, 5.41) is 16.0. The van der Waals surface area contributed by atoms with Gasteiger partial charge in [0.25, 0.3) is 0 Å². The normalized spacial score (nSPS) is 12.5. The number of benzene rings is 1. The molecule has 2 aromatic rings. The minimum Gasteiger partial charge on any atom is -0.392 e. The molecule has 102 valence electrons. The molecule has 3 nitrogen and oxygen atoms in total. The van der Waals surface area contributed by atoms with Gasteiger partial charge in [0.2, 0.25) is 0 Å². The highest BCUT2D eigenvalue weighted by molar-refractivity contribution is 7.13. The Morgan fingerprint density at radius 3 is 2.84 bits per heavy atom. The quantitative estimate of drug-likeness (QED) is 0.817. The van der Waals surface area contributed by atoms with Crippen LogP contribution in [-0.2, 0) is 6.54 Å². The van der Waals surface area contributed by atoms with Crippen molar-refractivity contribution in [3.8, 4) is 10.6 Å². The highest BCUT2D eigenvalue weighted by Gasteiger charge is 2.05. The molecular formula is C15H20N2OS. The number of rotatable bonds is 7. The van der Waals surface area contributed by atoms with Gasteiger partial charge in [0.15, 0.2) is 0 Å². The van der Waals surface area contributed by atoms with Crippen LogP contribution >= 0.6 is 11.3 Å². The first-order chi connectivity index (χ1) is 9.29. The number of nitrogens with zero attached hydrogens (tertiary/aromatic N) is 1. The van der Waals surface area contributed by atoms with Gasteiger partial charge < -0.3 is 10.4 Å². The van der Waals surface area contributed by atoms with E-state index in [4.69, 9.17) is 0 Å². The molecule has 1 aromatic heterocycles. The third-order valence-electron chi connectivity index (χ3n) is 2.88. The van der Waals surface area contributed by atoms with Gasteiger partial charge in [-0.05, 0) is 6.42 Å². The molecule has 19 heavy (non-hydrogen) atoms. The molecule has 0 spiro atoms. The summed E-state index contributed by atoms with van der Waals surface area (Å²) >= 11 is 1.66. The van der Waals surface area contributed by atoms with Gasteiger partial charge >= 0.3 is 0 Å². The Labute approximate surface area is 118 Å². The fraction of sp³-hybridized carbons (Fsp3) is 0.400. The molecule has 0 radical (unpaired) electrons. The lowest BCUT2D eigenvalue weighted by atomic mass is 10.2. The van der Waals surface area contributed by atoms with E-state index in [0.29, 0.717) is 13.1 Å². The molecule has 0 aliphatic rings. The van der Waals surface area contributed by atoms with Crippen LogP contribution in [0.2, 0.25) is 0 Å². The molecular weight excluding hydrogens is 256 g/mol. The Kier molecular flexibility index (Phi) is 5.51. The first-order valence-electron chi connectivity index (χ1n) is 6.68. The van der Waals surface area contributed by atoms with Crippen LogP contribution in [0.25, 0.3) is 10.6 Å². The second-order valence-electron chi connectivity index (χ2n) is 4.58. The molecule has 2 rings (SSSR count). The summed E-state index contributed by atoms with van der Waals surface area (Å²) in [5.41, 5.74) is 2.19. The van der Waals surface area contributed by atoms with Crippen LogP contribution in [0.5, 0.6) is 0 Å². The van der Waals surface area contributed by atoms with Crippen molar-refractivity contribution in [1.82, 2.24) is 10.3 Å². The topological polar surface area (TPSA) is 45.1 Å². The van der Waals surface area contributed by atoms with Crippen LogP contribution in [0.15, 0.2) is 35.7 Å². The second-order valence-corrected chi connectivity index (χ2v) is 5.44. The lowest BCUT2D eigenvalue weighted by Gasteiger charge is -2.09. The zero-order chi connectivity index (χ0) is 13.5. The highest BCUT2D eigenvalue weighted by Crippen LogP contribution is 2.23. The average Bonchev–Trinajstić information content (AvgIpc) is 2.89. The molecule has 0 aliphatic carbocycles. The Balaban J connectivity index is 1.85. The van der Waals surface area contributed by atoms with Gasteiger partial charge in [0, 0.05) is 24.0 Å². The standard InChI is InChI=1S/C15H20N2OS/c1-2-6-14(18)10-16-9-13-11-19-15(17-13)12-7-4-3-5-8-12/h3-5,7-8,11,14,16,18H,2,6,9-10H2,1H3. The number of hydrogen-bond donors (Lipinski definition) is 2. The van der Waals surface area contributed by atoms with Crippen molar-refractivity contribution in [2.45, 2.75) is 32.4 Å². The minimum atomic E-state index is -0.253. The van der Waals surface area contributed by atoms with Gasteiger partial charge in [-0.25, -0.2) is 4.98 Å². The third kappa shape index (κ3) is 4.42. The Morgan fingerprint density at radius 1 is 1.32 bits per heavy atom. The summed E-state index contributed by atoms with van der Waals surface area (Å²) in [5.74, 6) is 0. The van der Waals surface area contributed by atoms with Crippen molar-refractivity contribution in [1.29, 1.82) is 0 Å². The van der Waals surface area contributed by atoms with Crippen LogP contribution in [-0.4, -0.2) is 22.7 Å². The van der Waals surface area contributed by atoms with E-state index in [9.17, 15) is 5.11 Å². The lowest BCUT2D eigenvalue weighted by Crippen LogP contribution is -2.26. The lowest BCUT2D eigenvalue weighted by molar-refractivity contribution is 0.160. The van der Waals surface area contributed by atoms with Crippen molar-refractivity contribution < 1.29 is 5.11 Å². The molecule has 0 saturated carbocycles. The molecule has 0 bridgehead atoms. The van der Waals surface area contributed by atoms with E-state index in [1.807, 2.05) is 18.2 Å². The zero-order valence-corrected chi connectivity index (χ0v) is 12.0. The fourth-order valence-electron chi connectivity index (χ4n) is 1.90. The summed E-state index contributed by atoms with van der Waals surface area (Å²) in [6.07, 6.45) is 1.61. The van der Waals surface area contributed by atoms with Crippen LogP contribution < -0.4 is 5.32 Å². The molecule has 1 atom stereocenters. The van der Waals surface area contributed by atoms with Crippen LogP contribution in [0.3, 0.4) is 0 Å². The van der Waals surface area contributed by atoms with Gasteiger partial charge in [-0.3, -0.25) is 0 Å². The first kappa shape index (κ1) is 14.2. The predicted molar refractivity (Wildman–Crippen MR) is 80.2 cm³/mol. The monoisotopic (exact) mass is 276 g/mol. The van der Waals surface area contributed by atoms with E-state index in [0.717, 1.165) is 29.1 Å². The minimum absolute atomic E-state index is 0.253. The van der Waals surface area contributed by atoms with E-state index in [2.05, 4.69) is 34.7 Å². The summed E-state index contributed by atoms with van der Waals surface area (Å²) in [4.78, 5) is 4.60. The van der Waals surface area contributed by atoms with Gasteiger partial charge in [-0.1, -0.05) is 43.7 Å². The average molecular weight is 276 g/mol. The predicted octanol–water partition coefficient (Wildman–Crippen LogP) is 3.06. The molecule has 1 aromatic carbocycles. The maximum Gasteiger partial charge on any atom is 0.123 e. The molecule has 0 fully saturated rings. The zero-order valence-electron chi connectivity index (χ0n) is 11.2. The van der Waals surface area contributed by atoms with Crippen molar-refractivity contribution >= 4 is 11.3 Å². The summed E-state index contributed by atoms with van der Waals surface area (Å²) in [6.45, 7) is 3.42. The van der Waals surface area contributed by atoms with Crippen molar-refractivity contribution in [2.75, 3.05) is 6.54 Å². The van der Waals surface area contributed by atoms with Crippen molar-refractivity contribution in [3.05, 3.63) is 41.4 Å². The maximum absolute atomic E-state index is 9.63. The molecule has 1 heterocycles. The van der Waals surface area contributed by atoms with Gasteiger partial charge in [-0.2, -0.15) is 0 Å². The van der Waals surface area contributed by atoms with E-state index < -0.39 is 0 Å². The van der Waals surface area contributed by atoms with Crippen LogP contribution in [0.1, 0.15) is 25.5 Å². The summed E-state index contributed by atoms with van der Waals surface area (Å²) in [7, 11) is 0. The third-order valence-corrected chi connectivity index (χ3v) is 3.82. The smallest absolute Gasteiger partial charge is 0.123 e. The number of aliphatic hydroxyl groups is 1. The SMILES string of the molecule is CCCC(O)CNCc1csc(-c2ccccc2)n1. The molecule has 2 N–H and O–H groups in total. The largest absolute Gasteiger partial charge is 0.392 e. The molecule has 0 amide bonds. The van der Waals surface area contributed by atoms with Crippen molar-refractivity contribution in [2.24, 2.45) is 0 Å². The van der Waals surface area contributed by atoms with E-state index >= 15 is 0 Å². The van der Waals surface area contributed by atoms with Crippen LogP contribution in [0.4, 0.5) is 0 Å². The van der Waals surface area contributed by atoms with Gasteiger partial charge in [-0.15, -0.1) is 11.3 Å². The Hall–Kier alpha value is -1.23. The Morgan fingerprint density at radius 2 is 2.11 bits per heavy atom. The highest BCUT2D eigenvalue weighted by atomic mass is 32.1. The molecule has 1 unspecified atom stereocenters. The summed E-state index contributed by atoms with van der Waals surface area (Å²) < 4.78 is 0. The summed E-state index contributed by atoms with van der Waals surface area (Å²) in [6, 6.07) is 10.2. The molecule has 0 aliphatic heterocycles. The van der Waals surface area contributed by atoms with Crippen LogP contribution in [0, 0.1) is 0 Å². The number of thiazole rings is 1. The molecule has 4 heteroatoms. The van der Waals surface area contributed by atoms with E-state index in [-0.39, 0.29) is 6.10 Å². The van der Waals surface area contributed by atoms with E-state index in [1.165, 1.54) is 0 Å². The van der Waals surface area contributed by atoms with Gasteiger partial charge in [0.05, 0.1) is 11.8 Å². The number of nitrogens with one attached hydrogen (secondary N) is 1. The number of hydrogen-bond acceptors (Lipinski definition) is 4. The number of aromatic nitrogens is 1. The number of aliphatic hydroxyl groups excluding tert-OH is 1. The van der Waals surface area contributed by atoms with Crippen molar-refractivity contribution in [3.63, 3.8) is 0 Å². The Bertz CT molecular complexity index is 484. The first-order valence-corrected chi connectivity index (χ1v) is 7.56. The maximum atomic E-state index is 9.63. The second kappa shape index (κ2) is 7.38. The van der Waals surface area contributed by atoms with E-state index in [1.54, 1.807) is 11.3 Å².